The van der Waals surface area contributed by atoms with Crippen LogP contribution in [0.25, 0.3) is 10.1 Å². The summed E-state index contributed by atoms with van der Waals surface area (Å²) in [7, 11) is 0. The van der Waals surface area contributed by atoms with E-state index >= 15 is 0 Å². The molecule has 1 heterocycles. The number of ether oxygens (including phenoxy) is 1. The Bertz CT molecular complexity index is 625. The van der Waals surface area contributed by atoms with Crippen LogP contribution >= 0.6 is 11.3 Å². The molecule has 3 rings (SSSR count). The van der Waals surface area contributed by atoms with Gasteiger partial charge in [-0.2, -0.15) is 0 Å². The van der Waals surface area contributed by atoms with E-state index in [1.54, 1.807) is 6.07 Å². The van der Waals surface area contributed by atoms with Gasteiger partial charge in [0.1, 0.15) is 4.88 Å². The van der Waals surface area contributed by atoms with Crippen molar-refractivity contribution in [2.24, 2.45) is 0 Å². The summed E-state index contributed by atoms with van der Waals surface area (Å²) in [5, 5.41) is 3.92. The lowest BCUT2D eigenvalue weighted by Crippen LogP contribution is -2.35. The minimum absolute atomic E-state index is 0.205. The van der Waals surface area contributed by atoms with Gasteiger partial charge in [0.2, 0.25) is 0 Å². The molecule has 110 valence electrons. The third-order valence-electron chi connectivity index (χ3n) is 3.68. The zero-order valence-corrected chi connectivity index (χ0v) is 12.4. The summed E-state index contributed by atoms with van der Waals surface area (Å²) in [6, 6.07) is 9.83. The summed E-state index contributed by atoms with van der Waals surface area (Å²) in [5.74, 6) is -0.644. The molecule has 2 aromatic rings. The second-order valence-electron chi connectivity index (χ2n) is 5.27. The number of carbonyl (C=O) groups is 2. The van der Waals surface area contributed by atoms with Crippen molar-refractivity contribution in [2.75, 3.05) is 6.61 Å². The average molecular weight is 303 g/mol. The van der Waals surface area contributed by atoms with Gasteiger partial charge in [0.25, 0.3) is 5.91 Å². The van der Waals surface area contributed by atoms with E-state index in [2.05, 4.69) is 5.32 Å². The van der Waals surface area contributed by atoms with Crippen LogP contribution in [0.15, 0.2) is 30.3 Å². The normalized spacial score (nSPS) is 15.2. The number of rotatable bonds is 4. The number of hydrogen-bond donors (Lipinski definition) is 1. The predicted octanol–water partition coefficient (Wildman–Crippen LogP) is 3.12. The summed E-state index contributed by atoms with van der Waals surface area (Å²) >= 11 is 1.38. The topological polar surface area (TPSA) is 55.4 Å². The first kappa shape index (κ1) is 14.1. The highest BCUT2D eigenvalue weighted by molar-refractivity contribution is 7.20. The van der Waals surface area contributed by atoms with Crippen LogP contribution in [0.2, 0.25) is 0 Å². The molecule has 21 heavy (non-hydrogen) atoms. The van der Waals surface area contributed by atoms with Gasteiger partial charge in [0, 0.05) is 10.7 Å². The van der Waals surface area contributed by atoms with E-state index in [-0.39, 0.29) is 18.6 Å². The van der Waals surface area contributed by atoms with Gasteiger partial charge in [-0.1, -0.05) is 31.0 Å². The molecule has 4 nitrogen and oxygen atoms in total. The van der Waals surface area contributed by atoms with Gasteiger partial charge in [-0.15, -0.1) is 11.3 Å². The fourth-order valence-corrected chi connectivity index (χ4v) is 3.58. The molecule has 1 aliphatic carbocycles. The van der Waals surface area contributed by atoms with Crippen molar-refractivity contribution in [1.29, 1.82) is 0 Å². The molecule has 0 saturated heterocycles. The molecule has 0 aliphatic heterocycles. The Labute approximate surface area is 127 Å². The third kappa shape index (κ3) is 3.42. The standard InChI is InChI=1S/C16H17NO3S/c18-15(17-12-6-2-3-7-12)10-20-16(19)14-9-11-5-1-4-8-13(11)21-14/h1,4-5,8-9,12H,2-3,6-7,10H2,(H,17,18). The van der Waals surface area contributed by atoms with Crippen LogP contribution in [0.3, 0.4) is 0 Å². The molecular formula is C16H17NO3S. The lowest BCUT2D eigenvalue weighted by atomic mass is 10.2. The van der Waals surface area contributed by atoms with E-state index in [1.807, 2.05) is 24.3 Å². The lowest BCUT2D eigenvalue weighted by molar-refractivity contribution is -0.124. The fraction of sp³-hybridized carbons (Fsp3) is 0.375. The maximum absolute atomic E-state index is 12.0. The van der Waals surface area contributed by atoms with Crippen molar-refractivity contribution in [3.8, 4) is 0 Å². The van der Waals surface area contributed by atoms with E-state index < -0.39 is 5.97 Å². The molecule has 1 amide bonds. The molecule has 0 atom stereocenters. The second kappa shape index (κ2) is 6.26. The Kier molecular flexibility index (Phi) is 4.20. The molecule has 1 aliphatic rings. The Morgan fingerprint density at radius 3 is 2.76 bits per heavy atom. The fourth-order valence-electron chi connectivity index (χ4n) is 2.62. The third-order valence-corrected chi connectivity index (χ3v) is 4.78. The molecule has 5 heteroatoms. The number of esters is 1. The highest BCUT2D eigenvalue weighted by atomic mass is 32.1. The summed E-state index contributed by atoms with van der Waals surface area (Å²) in [6.45, 7) is -0.205. The van der Waals surface area contributed by atoms with Crippen LogP contribution in [0.4, 0.5) is 0 Å². The Morgan fingerprint density at radius 1 is 1.24 bits per heavy atom. The second-order valence-corrected chi connectivity index (χ2v) is 6.36. The van der Waals surface area contributed by atoms with Crippen LogP contribution in [-0.4, -0.2) is 24.5 Å². The smallest absolute Gasteiger partial charge is 0.348 e. The minimum Gasteiger partial charge on any atom is -0.451 e. The van der Waals surface area contributed by atoms with Gasteiger partial charge >= 0.3 is 5.97 Å². The maximum atomic E-state index is 12.0. The number of nitrogens with one attached hydrogen (secondary N) is 1. The summed E-state index contributed by atoms with van der Waals surface area (Å²) in [5.41, 5.74) is 0. The lowest BCUT2D eigenvalue weighted by Gasteiger charge is -2.11. The molecule has 0 unspecified atom stereocenters. The predicted molar refractivity (Wildman–Crippen MR) is 82.5 cm³/mol. The minimum atomic E-state index is -0.433. The first-order chi connectivity index (χ1) is 10.2. The Morgan fingerprint density at radius 2 is 2.00 bits per heavy atom. The number of amides is 1. The van der Waals surface area contributed by atoms with Crippen LogP contribution in [0.5, 0.6) is 0 Å². The number of carbonyl (C=O) groups excluding carboxylic acids is 2. The highest BCUT2D eigenvalue weighted by Gasteiger charge is 2.18. The zero-order valence-electron chi connectivity index (χ0n) is 11.6. The van der Waals surface area contributed by atoms with Gasteiger partial charge in [-0.05, 0) is 30.4 Å². The highest BCUT2D eigenvalue weighted by Crippen LogP contribution is 2.25. The van der Waals surface area contributed by atoms with Gasteiger partial charge in [0.15, 0.2) is 6.61 Å². The van der Waals surface area contributed by atoms with Crippen LogP contribution < -0.4 is 5.32 Å². The quantitative estimate of drug-likeness (QED) is 0.883. The SMILES string of the molecule is O=C(COC(=O)c1cc2ccccc2s1)NC1CCCC1. The Hall–Kier alpha value is -1.88. The Balaban J connectivity index is 1.54. The molecular weight excluding hydrogens is 286 g/mol. The number of hydrogen-bond acceptors (Lipinski definition) is 4. The van der Waals surface area contributed by atoms with Crippen LogP contribution in [0, 0.1) is 0 Å². The average Bonchev–Trinajstić information content (AvgIpc) is 3.13. The van der Waals surface area contributed by atoms with Gasteiger partial charge in [-0.25, -0.2) is 4.79 Å². The molecule has 1 fully saturated rings. The maximum Gasteiger partial charge on any atom is 0.348 e. The van der Waals surface area contributed by atoms with Gasteiger partial charge in [0.05, 0.1) is 0 Å². The van der Waals surface area contributed by atoms with E-state index in [0.29, 0.717) is 4.88 Å². The zero-order chi connectivity index (χ0) is 14.7. The molecule has 1 aromatic heterocycles. The van der Waals surface area contributed by atoms with E-state index in [1.165, 1.54) is 11.3 Å². The van der Waals surface area contributed by atoms with Crippen molar-refractivity contribution >= 4 is 33.3 Å². The van der Waals surface area contributed by atoms with Crippen molar-refractivity contribution in [1.82, 2.24) is 5.32 Å². The summed E-state index contributed by atoms with van der Waals surface area (Å²) < 4.78 is 6.13. The van der Waals surface area contributed by atoms with Crippen LogP contribution in [0.1, 0.15) is 35.4 Å². The summed E-state index contributed by atoms with van der Waals surface area (Å²) in [4.78, 5) is 24.2. The monoisotopic (exact) mass is 303 g/mol. The number of benzene rings is 1. The number of thiophene rings is 1. The van der Waals surface area contributed by atoms with Crippen molar-refractivity contribution in [3.63, 3.8) is 0 Å². The van der Waals surface area contributed by atoms with Gasteiger partial charge < -0.3 is 10.1 Å². The summed E-state index contributed by atoms with van der Waals surface area (Å²) in [6.07, 6.45) is 4.37. The van der Waals surface area contributed by atoms with E-state index in [9.17, 15) is 9.59 Å². The van der Waals surface area contributed by atoms with Crippen molar-refractivity contribution < 1.29 is 14.3 Å². The molecule has 0 bridgehead atoms. The molecule has 1 aromatic carbocycles. The van der Waals surface area contributed by atoms with Crippen molar-refractivity contribution in [3.05, 3.63) is 35.2 Å². The molecule has 0 spiro atoms. The first-order valence-electron chi connectivity index (χ1n) is 7.17. The van der Waals surface area contributed by atoms with Gasteiger partial charge in [-0.3, -0.25) is 4.79 Å². The van der Waals surface area contributed by atoms with Crippen LogP contribution in [-0.2, 0) is 9.53 Å². The van der Waals surface area contributed by atoms with E-state index in [0.717, 1.165) is 35.8 Å². The van der Waals surface area contributed by atoms with Crippen molar-refractivity contribution in [2.45, 2.75) is 31.7 Å². The largest absolute Gasteiger partial charge is 0.451 e. The number of fused-ring (bicyclic) bond motifs is 1. The molecule has 1 saturated carbocycles. The molecule has 1 N–H and O–H groups in total. The molecule has 0 radical (unpaired) electrons. The van der Waals surface area contributed by atoms with E-state index in [4.69, 9.17) is 4.74 Å². The first-order valence-corrected chi connectivity index (χ1v) is 7.99.